The van der Waals surface area contributed by atoms with E-state index in [2.05, 4.69) is 4.52 Å². The van der Waals surface area contributed by atoms with Gasteiger partial charge in [-0.2, -0.15) is 0 Å². The molecule has 84 valence electrons. The molecule has 0 saturated carbocycles. The predicted molar refractivity (Wildman–Crippen MR) is 47.2 cm³/mol. The zero-order valence-electron chi connectivity index (χ0n) is 10.4. The van der Waals surface area contributed by atoms with Crippen LogP contribution < -0.4 is 173 Å². The molecule has 0 bridgehead atoms. The van der Waals surface area contributed by atoms with Gasteiger partial charge in [0.1, 0.15) is 5.75 Å². The Morgan fingerprint density at radius 3 is 1.78 bits per heavy atom. The van der Waals surface area contributed by atoms with Gasteiger partial charge in [-0.1, -0.05) is 25.8 Å². The average Bonchev–Trinajstić information content (AvgIpc) is 1.99. The molecule has 0 fully saturated rings. The SMILES string of the molecule is O=P([O-])([O-])CP(=O)([O-])Oc1ccccc1.[K+].[K+].[K+]. The molecular formula is C7H7K3O6P2. The number of benzene rings is 1. The maximum absolute atomic E-state index is 11.0. The van der Waals surface area contributed by atoms with E-state index in [9.17, 15) is 23.8 Å². The van der Waals surface area contributed by atoms with E-state index < -0.39 is 21.1 Å². The minimum absolute atomic E-state index is 0. The summed E-state index contributed by atoms with van der Waals surface area (Å²) in [4.78, 5) is 31.6. The Labute approximate surface area is 233 Å². The van der Waals surface area contributed by atoms with Crippen molar-refractivity contribution >= 4 is 15.2 Å². The maximum Gasteiger partial charge on any atom is 1.00 e. The first-order valence-corrected chi connectivity index (χ1v) is 7.30. The van der Waals surface area contributed by atoms with Gasteiger partial charge in [0.15, 0.2) is 7.60 Å². The summed E-state index contributed by atoms with van der Waals surface area (Å²) in [5, 5.41) is 0. The average molecular weight is 366 g/mol. The minimum Gasteiger partial charge on any atom is -0.810 e. The molecule has 0 spiro atoms. The van der Waals surface area contributed by atoms with Crippen molar-refractivity contribution in [2.24, 2.45) is 0 Å². The predicted octanol–water partition coefficient (Wildman–Crippen LogP) is -9.50. The van der Waals surface area contributed by atoms with Gasteiger partial charge in [-0.15, -0.1) is 0 Å². The minimum atomic E-state index is -5.12. The third-order valence-corrected chi connectivity index (χ3v) is 4.59. The van der Waals surface area contributed by atoms with Crippen LogP contribution in [0, 0.1) is 0 Å². The van der Waals surface area contributed by atoms with Gasteiger partial charge in [0.25, 0.3) is 0 Å². The third kappa shape index (κ3) is 13.9. The molecular weight excluding hydrogens is 359 g/mol. The van der Waals surface area contributed by atoms with Crippen molar-refractivity contribution in [1.82, 2.24) is 0 Å². The van der Waals surface area contributed by atoms with Crippen molar-refractivity contribution in [1.29, 1.82) is 0 Å². The van der Waals surface area contributed by atoms with Gasteiger partial charge in [0, 0.05) is 0 Å². The Morgan fingerprint density at radius 1 is 0.944 bits per heavy atom. The molecule has 1 aromatic carbocycles. The van der Waals surface area contributed by atoms with Crippen LogP contribution in [0.2, 0.25) is 0 Å². The summed E-state index contributed by atoms with van der Waals surface area (Å²) in [5.41, 5.74) is 0. The van der Waals surface area contributed by atoms with E-state index in [1.54, 1.807) is 6.07 Å². The molecule has 0 radical (unpaired) electrons. The summed E-state index contributed by atoms with van der Waals surface area (Å²) >= 11 is 0. The molecule has 11 heteroatoms. The Bertz CT molecular complexity index is 422. The van der Waals surface area contributed by atoms with Crippen LogP contribution in [0.25, 0.3) is 0 Å². The number of hydrogen-bond acceptors (Lipinski definition) is 6. The van der Waals surface area contributed by atoms with E-state index in [1.165, 1.54) is 24.3 Å². The molecule has 6 nitrogen and oxygen atoms in total. The zero-order valence-corrected chi connectivity index (χ0v) is 21.6. The van der Waals surface area contributed by atoms with Crippen molar-refractivity contribution in [2.45, 2.75) is 0 Å². The van der Waals surface area contributed by atoms with Gasteiger partial charge in [-0.05, 0) is 12.1 Å². The summed E-state index contributed by atoms with van der Waals surface area (Å²) in [6.07, 6.45) is 0. The summed E-state index contributed by atoms with van der Waals surface area (Å²) in [7, 11) is -9.80. The fourth-order valence-corrected chi connectivity index (χ4v) is 3.25. The van der Waals surface area contributed by atoms with Crippen LogP contribution in [0.5, 0.6) is 5.75 Å². The summed E-state index contributed by atoms with van der Waals surface area (Å²) in [6, 6.07) is 7.34. The molecule has 18 heavy (non-hydrogen) atoms. The van der Waals surface area contributed by atoms with Gasteiger partial charge >= 0.3 is 154 Å². The Hall–Kier alpha value is 4.27. The smallest absolute Gasteiger partial charge is 0.810 e. The topological polar surface area (TPSA) is 113 Å². The fourth-order valence-electron chi connectivity index (χ4n) is 0.883. The summed E-state index contributed by atoms with van der Waals surface area (Å²) in [5.74, 6) is -1.54. The quantitative estimate of drug-likeness (QED) is 0.386. The summed E-state index contributed by atoms with van der Waals surface area (Å²) < 4.78 is 25.7. The monoisotopic (exact) mass is 366 g/mol. The van der Waals surface area contributed by atoms with Gasteiger partial charge in [-0.25, -0.2) is 0 Å². The maximum atomic E-state index is 11.0. The van der Waals surface area contributed by atoms with Crippen molar-refractivity contribution in [3.8, 4) is 5.75 Å². The first-order valence-electron chi connectivity index (χ1n) is 3.84. The Morgan fingerprint density at radius 2 is 1.39 bits per heavy atom. The summed E-state index contributed by atoms with van der Waals surface area (Å²) in [6.45, 7) is 0. The van der Waals surface area contributed by atoms with Crippen LogP contribution in [-0.2, 0) is 9.13 Å². The molecule has 1 atom stereocenters. The number of hydrogen-bond donors (Lipinski definition) is 0. The van der Waals surface area contributed by atoms with E-state index in [0.29, 0.717) is 0 Å². The molecule has 0 saturated heterocycles. The second-order valence-corrected chi connectivity index (χ2v) is 6.53. The fraction of sp³-hybridized carbons (Fsp3) is 0.143. The van der Waals surface area contributed by atoms with E-state index >= 15 is 0 Å². The van der Waals surface area contributed by atoms with E-state index in [-0.39, 0.29) is 160 Å². The van der Waals surface area contributed by atoms with Crippen LogP contribution >= 0.6 is 15.2 Å². The molecule has 0 amide bonds. The van der Waals surface area contributed by atoms with Crippen molar-refractivity contribution in [3.63, 3.8) is 0 Å². The molecule has 0 N–H and O–H groups in total. The molecule has 0 aliphatic carbocycles. The van der Waals surface area contributed by atoms with E-state index in [1.807, 2.05) is 0 Å². The first kappa shape index (κ1) is 27.1. The first-order chi connectivity index (χ1) is 6.79. The Balaban J connectivity index is -0.000000750. The Kier molecular flexibility index (Phi) is 19.1. The van der Waals surface area contributed by atoms with Gasteiger partial charge in [0.05, 0.1) is 5.90 Å². The van der Waals surface area contributed by atoms with Crippen molar-refractivity contribution in [2.75, 3.05) is 5.90 Å². The van der Waals surface area contributed by atoms with Crippen LogP contribution in [0.4, 0.5) is 0 Å². The molecule has 0 aromatic heterocycles. The van der Waals surface area contributed by atoms with E-state index in [0.717, 1.165) is 0 Å². The third-order valence-electron chi connectivity index (χ3n) is 1.33. The standard InChI is InChI=1S/C7H10O6P2.3K/c8-14(9,10)6-15(11,12)13-7-4-2-1-3-5-7;;;/h1-5H,6H2,(H,11,12)(H2,8,9,10);;;/q;3*+1/p-3. The van der Waals surface area contributed by atoms with Gasteiger partial charge in [-0.3, -0.25) is 4.57 Å². The van der Waals surface area contributed by atoms with Gasteiger partial charge < -0.3 is 23.8 Å². The number of rotatable bonds is 4. The largest absolute Gasteiger partial charge is 1.00 e. The molecule has 0 aliphatic heterocycles. The molecule has 0 aliphatic rings. The van der Waals surface area contributed by atoms with Crippen LogP contribution in [0.1, 0.15) is 0 Å². The van der Waals surface area contributed by atoms with E-state index in [4.69, 9.17) is 0 Å². The second-order valence-electron chi connectivity index (χ2n) is 2.77. The zero-order chi connectivity index (χ0) is 11.5. The number of para-hydroxylation sites is 1. The van der Waals surface area contributed by atoms with Crippen molar-refractivity contribution in [3.05, 3.63) is 30.3 Å². The molecule has 1 unspecified atom stereocenters. The van der Waals surface area contributed by atoms with Gasteiger partial charge in [0.2, 0.25) is 0 Å². The van der Waals surface area contributed by atoms with Crippen LogP contribution in [-0.4, -0.2) is 5.90 Å². The normalized spacial score (nSPS) is 13.1. The van der Waals surface area contributed by atoms with Crippen LogP contribution in [0.15, 0.2) is 30.3 Å². The van der Waals surface area contributed by atoms with Crippen LogP contribution in [0.3, 0.4) is 0 Å². The molecule has 1 rings (SSSR count). The molecule has 0 heterocycles. The molecule has 1 aromatic rings. The van der Waals surface area contributed by atoms with Crippen molar-refractivity contribution < 1.29 is 182 Å². The second kappa shape index (κ2) is 12.7.